The minimum absolute atomic E-state index is 0.394. The zero-order chi connectivity index (χ0) is 19.0. The lowest BCUT2D eigenvalue weighted by molar-refractivity contribution is -0.154. The highest BCUT2D eigenvalue weighted by Crippen LogP contribution is 2.27. The van der Waals surface area contributed by atoms with Gasteiger partial charge in [-0.2, -0.15) is 0 Å². The molecule has 3 aromatic rings. The summed E-state index contributed by atoms with van der Waals surface area (Å²) in [5.41, 5.74) is 0.968. The summed E-state index contributed by atoms with van der Waals surface area (Å²) >= 11 is 0. The molecule has 0 amide bonds. The van der Waals surface area contributed by atoms with Crippen LogP contribution >= 0.6 is 0 Å². The minimum Gasteiger partial charge on any atom is -0.480 e. The molecule has 0 radical (unpaired) electrons. The first-order valence-electron chi connectivity index (χ1n) is 8.88. The molecule has 0 aromatic heterocycles. The number of fused-ring (bicyclic) bond motifs is 3. The molecule has 0 saturated carbocycles. The number of rotatable bonds is 4. The Bertz CT molecular complexity index is 1030. The molecular weight excluding hydrogens is 344 g/mol. The van der Waals surface area contributed by atoms with Crippen molar-refractivity contribution in [2.75, 3.05) is 13.1 Å². The fourth-order valence-electron chi connectivity index (χ4n) is 3.92. The Kier molecular flexibility index (Phi) is 4.51. The predicted octanol–water partition coefficient (Wildman–Crippen LogP) is 2.30. The number of carboxylic acids is 2. The number of piperazine rings is 1. The van der Waals surface area contributed by atoms with Gasteiger partial charge < -0.3 is 15.5 Å². The highest BCUT2D eigenvalue weighted by Gasteiger charge is 2.40. The highest BCUT2D eigenvalue weighted by molar-refractivity contribution is 6.07. The molecule has 0 bridgehead atoms. The van der Waals surface area contributed by atoms with Gasteiger partial charge in [0.2, 0.25) is 0 Å². The molecule has 27 heavy (non-hydrogen) atoms. The summed E-state index contributed by atoms with van der Waals surface area (Å²) in [5.74, 6) is -2.27. The SMILES string of the molecule is O=C(O)[C@@H]1[C@H](C(=O)O)NCCN1Cc1ccc2c(ccc3ccccc32)c1. The van der Waals surface area contributed by atoms with E-state index in [1.54, 1.807) is 4.90 Å². The second kappa shape index (κ2) is 6.98. The van der Waals surface area contributed by atoms with E-state index in [4.69, 9.17) is 0 Å². The molecule has 1 fully saturated rings. The standard InChI is InChI=1S/C21H20N2O4/c24-20(25)18-19(21(26)27)23(10-9-22-18)12-13-5-8-17-15(11-13)7-6-14-3-1-2-4-16(14)17/h1-8,11,18-19,22H,9-10,12H2,(H,24,25)(H,26,27)/t18-,19+/m1/s1. The van der Waals surface area contributed by atoms with E-state index >= 15 is 0 Å². The van der Waals surface area contributed by atoms with Crippen LogP contribution in [0.3, 0.4) is 0 Å². The van der Waals surface area contributed by atoms with E-state index in [1.165, 1.54) is 10.8 Å². The van der Waals surface area contributed by atoms with Gasteiger partial charge in [-0.05, 0) is 33.2 Å². The first-order chi connectivity index (χ1) is 13.0. The maximum absolute atomic E-state index is 11.7. The van der Waals surface area contributed by atoms with Gasteiger partial charge in [0.15, 0.2) is 0 Å². The fourth-order valence-corrected chi connectivity index (χ4v) is 3.92. The summed E-state index contributed by atoms with van der Waals surface area (Å²) in [7, 11) is 0. The Hall–Kier alpha value is -2.96. The normalized spacial score (nSPS) is 20.7. The summed E-state index contributed by atoms with van der Waals surface area (Å²) in [6.07, 6.45) is 0. The Balaban J connectivity index is 1.67. The van der Waals surface area contributed by atoms with Crippen LogP contribution in [0.5, 0.6) is 0 Å². The number of hydrogen-bond acceptors (Lipinski definition) is 4. The van der Waals surface area contributed by atoms with Crippen molar-refractivity contribution in [3.8, 4) is 0 Å². The molecule has 6 nitrogen and oxygen atoms in total. The molecule has 3 N–H and O–H groups in total. The van der Waals surface area contributed by atoms with Crippen molar-refractivity contribution in [2.24, 2.45) is 0 Å². The van der Waals surface area contributed by atoms with Gasteiger partial charge in [0.25, 0.3) is 0 Å². The molecule has 1 heterocycles. The lowest BCUT2D eigenvalue weighted by atomic mass is 9.99. The maximum atomic E-state index is 11.7. The molecule has 1 aliphatic rings. The van der Waals surface area contributed by atoms with Crippen LogP contribution in [0, 0.1) is 0 Å². The molecule has 0 spiro atoms. The Morgan fingerprint density at radius 1 is 0.963 bits per heavy atom. The number of nitrogens with one attached hydrogen (secondary N) is 1. The second-order valence-electron chi connectivity index (χ2n) is 6.87. The van der Waals surface area contributed by atoms with Crippen LogP contribution in [0.15, 0.2) is 54.6 Å². The first-order valence-corrected chi connectivity index (χ1v) is 8.88. The monoisotopic (exact) mass is 364 g/mol. The summed E-state index contributed by atoms with van der Waals surface area (Å²) in [5, 5.41) is 26.3. The number of carboxylic acid groups (broad SMARTS) is 2. The molecule has 3 aromatic carbocycles. The van der Waals surface area contributed by atoms with Gasteiger partial charge >= 0.3 is 11.9 Å². The number of carbonyl (C=O) groups is 2. The van der Waals surface area contributed by atoms with Gasteiger partial charge in [0.05, 0.1) is 0 Å². The van der Waals surface area contributed by atoms with E-state index < -0.39 is 24.0 Å². The van der Waals surface area contributed by atoms with Crippen LogP contribution in [0.25, 0.3) is 21.5 Å². The van der Waals surface area contributed by atoms with Crippen LogP contribution in [0.4, 0.5) is 0 Å². The van der Waals surface area contributed by atoms with E-state index in [-0.39, 0.29) is 0 Å². The molecule has 0 aliphatic carbocycles. The van der Waals surface area contributed by atoms with E-state index in [9.17, 15) is 19.8 Å². The van der Waals surface area contributed by atoms with Crippen molar-refractivity contribution >= 4 is 33.5 Å². The Morgan fingerprint density at radius 2 is 1.70 bits per heavy atom. The van der Waals surface area contributed by atoms with Gasteiger partial charge in [-0.3, -0.25) is 14.5 Å². The Morgan fingerprint density at radius 3 is 2.48 bits per heavy atom. The van der Waals surface area contributed by atoms with Gasteiger partial charge in [0.1, 0.15) is 12.1 Å². The number of aliphatic carboxylic acids is 2. The third-order valence-electron chi connectivity index (χ3n) is 5.19. The lowest BCUT2D eigenvalue weighted by Gasteiger charge is -2.37. The number of benzene rings is 3. The minimum atomic E-state index is -1.14. The van der Waals surface area contributed by atoms with Crippen LogP contribution in [0.2, 0.25) is 0 Å². The Labute approximate surface area is 156 Å². The third-order valence-corrected chi connectivity index (χ3v) is 5.19. The average Bonchev–Trinajstić information content (AvgIpc) is 2.67. The van der Waals surface area contributed by atoms with E-state index in [2.05, 4.69) is 41.7 Å². The average molecular weight is 364 g/mol. The number of nitrogens with zero attached hydrogens (tertiary/aromatic N) is 1. The van der Waals surface area contributed by atoms with E-state index in [0.717, 1.165) is 16.3 Å². The van der Waals surface area contributed by atoms with Crippen LogP contribution in [-0.2, 0) is 16.1 Å². The van der Waals surface area contributed by atoms with Gasteiger partial charge in [0, 0.05) is 19.6 Å². The molecule has 0 unspecified atom stereocenters. The van der Waals surface area contributed by atoms with Crippen molar-refractivity contribution in [1.29, 1.82) is 0 Å². The maximum Gasteiger partial charge on any atom is 0.323 e. The number of hydrogen-bond donors (Lipinski definition) is 3. The molecule has 1 aliphatic heterocycles. The summed E-state index contributed by atoms with van der Waals surface area (Å²) in [6, 6.07) is 16.2. The topological polar surface area (TPSA) is 89.9 Å². The van der Waals surface area contributed by atoms with Crippen molar-refractivity contribution in [2.45, 2.75) is 18.6 Å². The molecule has 2 atom stereocenters. The van der Waals surface area contributed by atoms with Crippen molar-refractivity contribution < 1.29 is 19.8 Å². The smallest absolute Gasteiger partial charge is 0.323 e. The lowest BCUT2D eigenvalue weighted by Crippen LogP contribution is -2.63. The molecular formula is C21H20N2O4. The molecule has 138 valence electrons. The first kappa shape index (κ1) is 17.5. The fraction of sp³-hybridized carbons (Fsp3) is 0.238. The largest absolute Gasteiger partial charge is 0.480 e. The van der Waals surface area contributed by atoms with Crippen molar-refractivity contribution in [1.82, 2.24) is 10.2 Å². The highest BCUT2D eigenvalue weighted by atomic mass is 16.4. The zero-order valence-corrected chi connectivity index (χ0v) is 14.6. The molecule has 6 heteroatoms. The van der Waals surface area contributed by atoms with Gasteiger partial charge in [-0.15, -0.1) is 0 Å². The van der Waals surface area contributed by atoms with Gasteiger partial charge in [-0.25, -0.2) is 0 Å². The van der Waals surface area contributed by atoms with Crippen molar-refractivity contribution in [3.05, 3.63) is 60.2 Å². The van der Waals surface area contributed by atoms with Crippen LogP contribution in [0.1, 0.15) is 5.56 Å². The predicted molar refractivity (Wildman–Crippen MR) is 103 cm³/mol. The van der Waals surface area contributed by atoms with E-state index in [1.807, 2.05) is 18.2 Å². The zero-order valence-electron chi connectivity index (χ0n) is 14.6. The van der Waals surface area contributed by atoms with Crippen LogP contribution in [-0.4, -0.2) is 52.2 Å². The molecule has 1 saturated heterocycles. The van der Waals surface area contributed by atoms with Gasteiger partial charge in [-0.1, -0.05) is 48.5 Å². The summed E-state index contributed by atoms with van der Waals surface area (Å²) in [6.45, 7) is 1.32. The summed E-state index contributed by atoms with van der Waals surface area (Å²) < 4.78 is 0. The summed E-state index contributed by atoms with van der Waals surface area (Å²) in [4.78, 5) is 24.8. The van der Waals surface area contributed by atoms with Crippen LogP contribution < -0.4 is 5.32 Å². The quantitative estimate of drug-likeness (QED) is 0.616. The second-order valence-corrected chi connectivity index (χ2v) is 6.87. The van der Waals surface area contributed by atoms with E-state index in [0.29, 0.717) is 19.6 Å². The third kappa shape index (κ3) is 3.25. The van der Waals surface area contributed by atoms with Crippen molar-refractivity contribution in [3.63, 3.8) is 0 Å². The molecule has 4 rings (SSSR count).